The van der Waals surface area contributed by atoms with Crippen LogP contribution in [0.5, 0.6) is 5.75 Å². The normalized spacial score (nSPS) is 10.4. The number of rotatable bonds is 6. The molecule has 2 rings (SSSR count). The van der Waals surface area contributed by atoms with E-state index in [1.165, 1.54) is 0 Å². The van der Waals surface area contributed by atoms with Crippen LogP contribution in [0.2, 0.25) is 0 Å². The first-order chi connectivity index (χ1) is 9.24. The lowest BCUT2D eigenvalue weighted by Crippen LogP contribution is -1.99. The lowest BCUT2D eigenvalue weighted by Gasteiger charge is -2.08. The first-order valence-electron chi connectivity index (χ1n) is 5.54. The highest BCUT2D eigenvalue weighted by molar-refractivity contribution is 9.10. The predicted molar refractivity (Wildman–Crippen MR) is 71.1 cm³/mol. The van der Waals surface area contributed by atoms with Gasteiger partial charge in [0.05, 0.1) is 10.0 Å². The van der Waals surface area contributed by atoms with E-state index in [0.29, 0.717) is 29.4 Å². The van der Waals surface area contributed by atoms with E-state index >= 15 is 0 Å². The number of hydrogen-bond acceptors (Lipinski definition) is 5. The zero-order valence-electron chi connectivity index (χ0n) is 10.3. The molecule has 0 N–H and O–H groups in total. The molecule has 0 saturated heterocycles. The Morgan fingerprint density at radius 3 is 3.00 bits per heavy atom. The SMILES string of the molecule is COCc1cc(COc2c(Br)cccc2C=O)no1. The van der Waals surface area contributed by atoms with Crippen molar-refractivity contribution in [3.63, 3.8) is 0 Å². The van der Waals surface area contributed by atoms with Gasteiger partial charge in [0.25, 0.3) is 0 Å². The Hall–Kier alpha value is -1.66. The number of para-hydroxylation sites is 1. The summed E-state index contributed by atoms with van der Waals surface area (Å²) in [5.41, 5.74) is 1.12. The minimum atomic E-state index is 0.219. The molecular formula is C13H12BrNO4. The summed E-state index contributed by atoms with van der Waals surface area (Å²) in [7, 11) is 1.58. The summed E-state index contributed by atoms with van der Waals surface area (Å²) in [6.45, 7) is 0.582. The average molecular weight is 326 g/mol. The molecule has 0 saturated carbocycles. The fourth-order valence-corrected chi connectivity index (χ4v) is 2.05. The average Bonchev–Trinajstić information content (AvgIpc) is 2.85. The first kappa shape index (κ1) is 13.8. The lowest BCUT2D eigenvalue weighted by molar-refractivity contribution is 0.111. The molecule has 0 atom stereocenters. The molecule has 5 nitrogen and oxygen atoms in total. The van der Waals surface area contributed by atoms with Crippen LogP contribution < -0.4 is 4.74 Å². The Bertz CT molecular complexity index is 568. The second kappa shape index (κ2) is 6.49. The molecule has 0 spiro atoms. The quantitative estimate of drug-likeness (QED) is 0.764. The van der Waals surface area contributed by atoms with E-state index in [9.17, 15) is 4.79 Å². The van der Waals surface area contributed by atoms with Gasteiger partial charge in [-0.3, -0.25) is 4.79 Å². The van der Waals surface area contributed by atoms with Crippen LogP contribution in [0.4, 0.5) is 0 Å². The zero-order valence-corrected chi connectivity index (χ0v) is 11.8. The fourth-order valence-electron chi connectivity index (χ4n) is 1.55. The van der Waals surface area contributed by atoms with Crippen molar-refractivity contribution in [1.29, 1.82) is 0 Å². The van der Waals surface area contributed by atoms with Gasteiger partial charge in [-0.25, -0.2) is 0 Å². The van der Waals surface area contributed by atoms with Gasteiger partial charge in [-0.15, -0.1) is 0 Å². The molecule has 0 aliphatic heterocycles. The van der Waals surface area contributed by atoms with Crippen molar-refractivity contribution < 1.29 is 18.8 Å². The third-order valence-corrected chi connectivity index (χ3v) is 3.01. The summed E-state index contributed by atoms with van der Waals surface area (Å²) >= 11 is 3.34. The standard InChI is InChI=1S/C13H12BrNO4/c1-17-8-11-5-10(15-19-11)7-18-13-9(6-16)3-2-4-12(13)14/h2-6H,7-8H2,1H3. The minimum absolute atomic E-state index is 0.219. The molecule has 0 amide bonds. The Morgan fingerprint density at radius 1 is 1.42 bits per heavy atom. The van der Waals surface area contributed by atoms with E-state index < -0.39 is 0 Å². The second-order valence-corrected chi connectivity index (χ2v) is 4.64. The van der Waals surface area contributed by atoms with Crippen molar-refractivity contribution in [2.24, 2.45) is 0 Å². The van der Waals surface area contributed by atoms with Crippen LogP contribution >= 0.6 is 15.9 Å². The summed E-state index contributed by atoms with van der Waals surface area (Å²) in [5.74, 6) is 1.12. The van der Waals surface area contributed by atoms with Gasteiger partial charge >= 0.3 is 0 Å². The Balaban J connectivity index is 2.07. The number of aromatic nitrogens is 1. The van der Waals surface area contributed by atoms with Crippen molar-refractivity contribution >= 4 is 22.2 Å². The van der Waals surface area contributed by atoms with Crippen molar-refractivity contribution in [3.05, 3.63) is 45.8 Å². The number of halogens is 1. The van der Waals surface area contributed by atoms with Gasteiger partial charge in [0.2, 0.25) is 0 Å². The molecule has 0 aliphatic carbocycles. The summed E-state index contributed by atoms with van der Waals surface area (Å²) in [6, 6.07) is 7.02. The first-order valence-corrected chi connectivity index (χ1v) is 6.33. The van der Waals surface area contributed by atoms with Crippen LogP contribution in [0.3, 0.4) is 0 Å². The summed E-state index contributed by atoms with van der Waals surface area (Å²) in [6.07, 6.45) is 0.749. The van der Waals surface area contributed by atoms with E-state index in [0.717, 1.165) is 10.8 Å². The molecule has 19 heavy (non-hydrogen) atoms. The lowest BCUT2D eigenvalue weighted by atomic mass is 10.2. The maximum atomic E-state index is 10.9. The number of carbonyl (C=O) groups is 1. The number of methoxy groups -OCH3 is 1. The van der Waals surface area contributed by atoms with E-state index in [1.807, 2.05) is 6.07 Å². The molecular weight excluding hydrogens is 314 g/mol. The van der Waals surface area contributed by atoms with Crippen LogP contribution in [-0.2, 0) is 18.0 Å². The van der Waals surface area contributed by atoms with Crippen molar-refractivity contribution in [2.45, 2.75) is 13.2 Å². The maximum Gasteiger partial charge on any atom is 0.162 e. The van der Waals surface area contributed by atoms with Gasteiger partial charge in [-0.2, -0.15) is 0 Å². The van der Waals surface area contributed by atoms with Crippen LogP contribution in [0.1, 0.15) is 21.8 Å². The van der Waals surface area contributed by atoms with E-state index in [1.54, 1.807) is 25.3 Å². The molecule has 1 aromatic carbocycles. The highest BCUT2D eigenvalue weighted by Gasteiger charge is 2.10. The van der Waals surface area contributed by atoms with E-state index in [4.69, 9.17) is 14.0 Å². The topological polar surface area (TPSA) is 61.6 Å². The molecule has 2 aromatic rings. The molecule has 0 fully saturated rings. The smallest absolute Gasteiger partial charge is 0.162 e. The number of benzene rings is 1. The molecule has 6 heteroatoms. The van der Waals surface area contributed by atoms with Gasteiger partial charge in [-0.05, 0) is 28.1 Å². The maximum absolute atomic E-state index is 10.9. The van der Waals surface area contributed by atoms with E-state index in [-0.39, 0.29) is 6.61 Å². The molecule has 0 bridgehead atoms. The summed E-state index contributed by atoms with van der Waals surface area (Å²) < 4.78 is 16.3. The number of nitrogens with zero attached hydrogens (tertiary/aromatic N) is 1. The molecule has 0 unspecified atom stereocenters. The van der Waals surface area contributed by atoms with Crippen LogP contribution in [-0.4, -0.2) is 18.6 Å². The Labute approximate surface area is 118 Å². The highest BCUT2D eigenvalue weighted by atomic mass is 79.9. The minimum Gasteiger partial charge on any atom is -0.485 e. The van der Waals surface area contributed by atoms with Gasteiger partial charge in [0.15, 0.2) is 12.0 Å². The van der Waals surface area contributed by atoms with E-state index in [2.05, 4.69) is 21.1 Å². The third kappa shape index (κ3) is 3.42. The monoisotopic (exact) mass is 325 g/mol. The highest BCUT2D eigenvalue weighted by Crippen LogP contribution is 2.28. The Morgan fingerprint density at radius 2 is 2.26 bits per heavy atom. The number of ether oxygens (including phenoxy) is 2. The van der Waals surface area contributed by atoms with Gasteiger partial charge < -0.3 is 14.0 Å². The number of hydrogen-bond donors (Lipinski definition) is 0. The molecule has 1 heterocycles. The number of aldehydes is 1. The summed E-state index contributed by atoms with van der Waals surface area (Å²) in [5, 5.41) is 3.85. The van der Waals surface area contributed by atoms with Crippen molar-refractivity contribution in [3.8, 4) is 5.75 Å². The number of carbonyl (C=O) groups excluding carboxylic acids is 1. The van der Waals surface area contributed by atoms with Crippen LogP contribution in [0.15, 0.2) is 33.3 Å². The largest absolute Gasteiger partial charge is 0.485 e. The fraction of sp³-hybridized carbons (Fsp3) is 0.231. The molecule has 1 aromatic heterocycles. The van der Waals surface area contributed by atoms with Crippen LogP contribution in [0, 0.1) is 0 Å². The van der Waals surface area contributed by atoms with Crippen LogP contribution in [0.25, 0.3) is 0 Å². The molecule has 100 valence electrons. The molecule has 0 radical (unpaired) electrons. The second-order valence-electron chi connectivity index (χ2n) is 3.78. The zero-order chi connectivity index (χ0) is 13.7. The van der Waals surface area contributed by atoms with Crippen molar-refractivity contribution in [2.75, 3.05) is 7.11 Å². The summed E-state index contributed by atoms with van der Waals surface area (Å²) in [4.78, 5) is 10.9. The predicted octanol–water partition coefficient (Wildman–Crippen LogP) is 2.98. The van der Waals surface area contributed by atoms with Crippen molar-refractivity contribution in [1.82, 2.24) is 5.16 Å². The van der Waals surface area contributed by atoms with Gasteiger partial charge in [0.1, 0.15) is 24.7 Å². The van der Waals surface area contributed by atoms with Gasteiger partial charge in [-0.1, -0.05) is 11.2 Å². The Kier molecular flexibility index (Phi) is 4.70. The van der Waals surface area contributed by atoms with Gasteiger partial charge in [0, 0.05) is 13.2 Å². The third-order valence-electron chi connectivity index (χ3n) is 2.38. The molecule has 0 aliphatic rings.